The number of rotatable bonds is 3. The first-order valence-corrected chi connectivity index (χ1v) is 9.37. The second-order valence-corrected chi connectivity index (χ2v) is 8.49. The molecule has 0 radical (unpaired) electrons. The fraction of sp³-hybridized carbons (Fsp3) is 0.667. The van der Waals surface area contributed by atoms with Crippen LogP contribution in [0.1, 0.15) is 40.8 Å². The lowest BCUT2D eigenvalue weighted by Crippen LogP contribution is -2.31. The molecule has 158 valence electrons. The SMILES string of the molecule is CC(C)(C)OC(=O)Nc1ncnc2c1ncn2[C@@H]1O[C@H](CO)[C@H]2OC(C)(C)O[C@@H]21. The summed E-state index contributed by atoms with van der Waals surface area (Å²) in [5, 5.41) is 12.3. The molecule has 2 aliphatic rings. The predicted molar refractivity (Wildman–Crippen MR) is 100 cm³/mol. The number of hydrogen-bond donors (Lipinski definition) is 2. The van der Waals surface area contributed by atoms with Crippen molar-refractivity contribution < 1.29 is 28.8 Å². The van der Waals surface area contributed by atoms with Crippen LogP contribution in [0.5, 0.6) is 0 Å². The zero-order valence-electron chi connectivity index (χ0n) is 16.9. The van der Waals surface area contributed by atoms with Crippen LogP contribution in [0, 0.1) is 0 Å². The zero-order chi connectivity index (χ0) is 21.0. The Kier molecular flexibility index (Phi) is 4.73. The number of amides is 1. The Bertz CT molecular complexity index is 923. The van der Waals surface area contributed by atoms with Crippen LogP contribution in [0.4, 0.5) is 10.6 Å². The monoisotopic (exact) mass is 407 g/mol. The summed E-state index contributed by atoms with van der Waals surface area (Å²) in [6.45, 7) is 8.74. The van der Waals surface area contributed by atoms with E-state index in [1.54, 1.807) is 25.3 Å². The Labute approximate surface area is 167 Å². The van der Waals surface area contributed by atoms with Gasteiger partial charge < -0.3 is 24.1 Å². The van der Waals surface area contributed by atoms with Crippen molar-refractivity contribution in [2.45, 2.75) is 70.5 Å². The highest BCUT2D eigenvalue weighted by atomic mass is 16.8. The first-order valence-electron chi connectivity index (χ1n) is 9.37. The third kappa shape index (κ3) is 3.78. The van der Waals surface area contributed by atoms with Gasteiger partial charge in [0.15, 0.2) is 29.0 Å². The number of ether oxygens (including phenoxy) is 4. The summed E-state index contributed by atoms with van der Waals surface area (Å²) in [5.41, 5.74) is 0.180. The molecule has 11 nitrogen and oxygen atoms in total. The molecular formula is C18H25N5O6. The molecule has 11 heteroatoms. The molecule has 2 aromatic heterocycles. The van der Waals surface area contributed by atoms with E-state index in [4.69, 9.17) is 18.9 Å². The van der Waals surface area contributed by atoms with Gasteiger partial charge in [-0.3, -0.25) is 9.88 Å². The third-order valence-corrected chi connectivity index (χ3v) is 4.56. The molecule has 2 aromatic rings. The van der Waals surface area contributed by atoms with Crippen molar-refractivity contribution in [3.8, 4) is 0 Å². The molecule has 0 bridgehead atoms. The number of nitrogens with zero attached hydrogens (tertiary/aromatic N) is 4. The van der Waals surface area contributed by atoms with Crippen molar-refractivity contribution in [2.75, 3.05) is 11.9 Å². The average molecular weight is 407 g/mol. The van der Waals surface area contributed by atoms with Gasteiger partial charge in [0.25, 0.3) is 0 Å². The second kappa shape index (κ2) is 6.87. The van der Waals surface area contributed by atoms with Crippen LogP contribution in [0.15, 0.2) is 12.7 Å². The van der Waals surface area contributed by atoms with Crippen molar-refractivity contribution >= 4 is 23.1 Å². The fourth-order valence-electron chi connectivity index (χ4n) is 3.56. The van der Waals surface area contributed by atoms with E-state index in [0.29, 0.717) is 11.2 Å². The molecule has 29 heavy (non-hydrogen) atoms. The highest BCUT2D eigenvalue weighted by Crippen LogP contribution is 2.43. The summed E-state index contributed by atoms with van der Waals surface area (Å²) in [6.07, 6.45) is 0.211. The Morgan fingerprint density at radius 1 is 1.28 bits per heavy atom. The number of hydrogen-bond acceptors (Lipinski definition) is 9. The highest BCUT2D eigenvalue weighted by molar-refractivity contribution is 5.93. The predicted octanol–water partition coefficient (Wildman–Crippen LogP) is 1.58. The lowest BCUT2D eigenvalue weighted by atomic mass is 10.1. The van der Waals surface area contributed by atoms with Crippen molar-refractivity contribution in [3.63, 3.8) is 0 Å². The summed E-state index contributed by atoms with van der Waals surface area (Å²) < 4.78 is 24.8. The van der Waals surface area contributed by atoms with Gasteiger partial charge in [-0.25, -0.2) is 19.7 Å². The van der Waals surface area contributed by atoms with Crippen LogP contribution in [0.25, 0.3) is 11.2 Å². The minimum atomic E-state index is -0.792. The highest BCUT2D eigenvalue weighted by Gasteiger charge is 2.56. The van der Waals surface area contributed by atoms with E-state index >= 15 is 0 Å². The van der Waals surface area contributed by atoms with Crippen molar-refractivity contribution in [3.05, 3.63) is 12.7 Å². The number of carbonyl (C=O) groups excluding carboxylic acids is 1. The maximum Gasteiger partial charge on any atom is 0.413 e. The summed E-state index contributed by atoms with van der Waals surface area (Å²) in [4.78, 5) is 24.9. The van der Waals surface area contributed by atoms with Crippen LogP contribution in [0.3, 0.4) is 0 Å². The molecule has 0 saturated carbocycles. The number of aliphatic hydroxyl groups is 1. The molecule has 2 saturated heterocycles. The first-order chi connectivity index (χ1) is 13.6. The van der Waals surface area contributed by atoms with Crippen molar-refractivity contribution in [2.24, 2.45) is 0 Å². The first kappa shape index (κ1) is 20.0. The summed E-state index contributed by atoms with van der Waals surface area (Å²) in [7, 11) is 0. The zero-order valence-corrected chi connectivity index (χ0v) is 16.9. The molecule has 1 amide bonds. The van der Waals surface area contributed by atoms with E-state index < -0.39 is 42.0 Å². The second-order valence-electron chi connectivity index (χ2n) is 8.49. The van der Waals surface area contributed by atoms with E-state index in [0.717, 1.165) is 0 Å². The van der Waals surface area contributed by atoms with Crippen molar-refractivity contribution in [1.29, 1.82) is 0 Å². The molecule has 4 heterocycles. The molecule has 0 spiro atoms. The van der Waals surface area contributed by atoms with E-state index in [9.17, 15) is 9.90 Å². The number of fused-ring (bicyclic) bond motifs is 2. The Hall–Kier alpha value is -2.34. The van der Waals surface area contributed by atoms with Crippen LogP contribution in [-0.2, 0) is 18.9 Å². The molecule has 4 rings (SSSR count). The van der Waals surface area contributed by atoms with Crippen LogP contribution >= 0.6 is 0 Å². The van der Waals surface area contributed by atoms with E-state index in [-0.39, 0.29) is 12.4 Å². The summed E-state index contributed by atoms with van der Waals surface area (Å²) in [5.74, 6) is -0.570. The van der Waals surface area contributed by atoms with Gasteiger partial charge in [-0.05, 0) is 34.6 Å². The fourth-order valence-corrected chi connectivity index (χ4v) is 3.56. The van der Waals surface area contributed by atoms with E-state index in [2.05, 4.69) is 20.3 Å². The smallest absolute Gasteiger partial charge is 0.413 e. The minimum absolute atomic E-state index is 0.204. The van der Waals surface area contributed by atoms with Crippen LogP contribution in [0.2, 0.25) is 0 Å². The maximum atomic E-state index is 12.1. The molecular weight excluding hydrogens is 382 g/mol. The van der Waals surface area contributed by atoms with Gasteiger partial charge in [-0.2, -0.15) is 0 Å². The number of imidazole rings is 1. The van der Waals surface area contributed by atoms with Gasteiger partial charge >= 0.3 is 6.09 Å². The third-order valence-electron chi connectivity index (χ3n) is 4.56. The summed E-state index contributed by atoms with van der Waals surface area (Å²) >= 11 is 0. The number of carbonyl (C=O) groups is 1. The van der Waals surface area contributed by atoms with E-state index in [1.165, 1.54) is 12.7 Å². The number of anilines is 1. The standard InChI is InChI=1S/C18H25N5O6/c1-17(2,3)29-16(25)22-13-10-14(20-7-19-13)23(8-21-10)15-12-11(9(6-24)26-15)27-18(4,5)28-12/h7-9,11-12,15,24H,6H2,1-5H3,(H,19,20,22,25)/t9-,11-,12+,15-/m1/s1. The number of aliphatic hydroxyl groups excluding tert-OH is 1. The number of aromatic nitrogens is 4. The van der Waals surface area contributed by atoms with Crippen molar-refractivity contribution in [1.82, 2.24) is 19.5 Å². The largest absolute Gasteiger partial charge is 0.444 e. The van der Waals surface area contributed by atoms with Gasteiger partial charge in [0.2, 0.25) is 0 Å². The molecule has 0 aliphatic carbocycles. The lowest BCUT2D eigenvalue weighted by Gasteiger charge is -2.24. The van der Waals surface area contributed by atoms with Gasteiger partial charge in [0.05, 0.1) is 12.9 Å². The summed E-state index contributed by atoms with van der Waals surface area (Å²) in [6, 6.07) is 0. The van der Waals surface area contributed by atoms with E-state index in [1.807, 2.05) is 13.8 Å². The Morgan fingerprint density at radius 2 is 2.00 bits per heavy atom. The van der Waals surface area contributed by atoms with Crippen LogP contribution < -0.4 is 5.32 Å². The van der Waals surface area contributed by atoms with Gasteiger partial charge in [0, 0.05) is 0 Å². The molecule has 0 aromatic carbocycles. The van der Waals surface area contributed by atoms with Gasteiger partial charge in [-0.15, -0.1) is 0 Å². The van der Waals surface area contributed by atoms with Gasteiger partial charge in [-0.1, -0.05) is 0 Å². The lowest BCUT2D eigenvalue weighted by molar-refractivity contribution is -0.199. The average Bonchev–Trinajstić information content (AvgIpc) is 3.24. The normalized spacial score (nSPS) is 28.5. The van der Waals surface area contributed by atoms with Gasteiger partial charge in [0.1, 0.15) is 30.2 Å². The maximum absolute atomic E-state index is 12.1. The topological polar surface area (TPSA) is 130 Å². The molecule has 0 unspecified atom stereocenters. The Balaban J connectivity index is 1.64. The van der Waals surface area contributed by atoms with Crippen LogP contribution in [-0.4, -0.2) is 67.0 Å². The Morgan fingerprint density at radius 3 is 2.69 bits per heavy atom. The minimum Gasteiger partial charge on any atom is -0.444 e. The quantitative estimate of drug-likeness (QED) is 0.779. The molecule has 2 fully saturated rings. The molecule has 2 N–H and O–H groups in total. The molecule has 2 aliphatic heterocycles. The number of nitrogens with one attached hydrogen (secondary N) is 1. The molecule has 4 atom stereocenters.